The Morgan fingerprint density at radius 3 is 2.69 bits per heavy atom. The van der Waals surface area contributed by atoms with Gasteiger partial charge in [-0.25, -0.2) is 9.78 Å². The third-order valence-corrected chi connectivity index (χ3v) is 4.54. The van der Waals surface area contributed by atoms with Crippen molar-refractivity contribution in [2.75, 3.05) is 11.9 Å². The number of nitrogens with one attached hydrogen (secondary N) is 1. The van der Waals surface area contributed by atoms with Crippen LogP contribution in [0.2, 0.25) is 0 Å². The fourth-order valence-corrected chi connectivity index (χ4v) is 2.95. The zero-order valence-electron chi connectivity index (χ0n) is 15.9. The molecule has 0 saturated carbocycles. The van der Waals surface area contributed by atoms with Gasteiger partial charge in [-0.05, 0) is 36.8 Å². The number of hydrogen-bond donors (Lipinski definition) is 1. The Bertz CT molecular complexity index is 934. The molecule has 0 aliphatic rings. The van der Waals surface area contributed by atoms with Crippen LogP contribution in [0.5, 0.6) is 0 Å². The molecule has 2 aromatic heterocycles. The third-order valence-electron chi connectivity index (χ3n) is 4.54. The number of carbonyl (C=O) groups excluding carboxylic acids is 1. The van der Waals surface area contributed by atoms with Crippen LogP contribution < -0.4 is 5.32 Å². The van der Waals surface area contributed by atoms with Crippen molar-refractivity contribution in [3.05, 3.63) is 72.6 Å². The van der Waals surface area contributed by atoms with E-state index in [9.17, 15) is 18.0 Å². The predicted octanol–water partition coefficient (Wildman–Crippen LogP) is 4.36. The average Bonchev–Trinajstić information content (AvgIpc) is 3.32. The average molecular weight is 405 g/mol. The summed E-state index contributed by atoms with van der Waals surface area (Å²) in [5, 5.41) is 2.59. The lowest BCUT2D eigenvalue weighted by Gasteiger charge is -2.24. The number of hydrogen-bond acceptors (Lipinski definition) is 2. The number of carbonyl (C=O) groups is 1. The Morgan fingerprint density at radius 2 is 2.03 bits per heavy atom. The molecular weight excluding hydrogens is 383 g/mol. The van der Waals surface area contributed by atoms with E-state index in [-0.39, 0.29) is 5.69 Å². The van der Waals surface area contributed by atoms with Gasteiger partial charge in [0.2, 0.25) is 0 Å². The van der Waals surface area contributed by atoms with E-state index in [0.717, 1.165) is 17.8 Å². The monoisotopic (exact) mass is 405 g/mol. The SMILES string of the molecule is Cn1cccc1CN(CCCn1ccnc1)C(=O)Nc1cccc(C(F)(F)F)c1. The first kappa shape index (κ1) is 20.5. The third kappa shape index (κ3) is 5.63. The summed E-state index contributed by atoms with van der Waals surface area (Å²) in [5.41, 5.74) is 0.229. The van der Waals surface area contributed by atoms with E-state index in [1.807, 2.05) is 40.7 Å². The minimum atomic E-state index is -4.46. The van der Waals surface area contributed by atoms with Crippen LogP contribution in [0.4, 0.5) is 23.7 Å². The highest BCUT2D eigenvalue weighted by Crippen LogP contribution is 2.30. The Balaban J connectivity index is 1.70. The summed E-state index contributed by atoms with van der Waals surface area (Å²) in [4.78, 5) is 18.4. The second-order valence-electron chi connectivity index (χ2n) is 6.69. The van der Waals surface area contributed by atoms with Gasteiger partial charge in [0.1, 0.15) is 0 Å². The zero-order chi connectivity index (χ0) is 20.9. The van der Waals surface area contributed by atoms with Crippen LogP contribution in [-0.2, 0) is 26.3 Å². The molecule has 3 aromatic rings. The molecule has 0 atom stereocenters. The summed E-state index contributed by atoms with van der Waals surface area (Å²) >= 11 is 0. The molecule has 0 spiro atoms. The maximum Gasteiger partial charge on any atom is 0.416 e. The molecule has 0 aliphatic carbocycles. The first-order valence-electron chi connectivity index (χ1n) is 9.12. The fraction of sp³-hybridized carbons (Fsp3) is 0.300. The maximum atomic E-state index is 12.9. The van der Waals surface area contributed by atoms with Gasteiger partial charge in [0.15, 0.2) is 0 Å². The second kappa shape index (κ2) is 8.85. The standard InChI is InChI=1S/C20H22F3N5O/c1-26-9-3-7-18(26)14-28(11-4-10-27-12-8-24-15-27)19(29)25-17-6-2-5-16(13-17)20(21,22)23/h2-3,5-9,12-13,15H,4,10-11,14H2,1H3,(H,25,29). The van der Waals surface area contributed by atoms with Crippen molar-refractivity contribution >= 4 is 11.7 Å². The minimum Gasteiger partial charge on any atom is -0.353 e. The molecule has 9 heteroatoms. The number of rotatable bonds is 7. The van der Waals surface area contributed by atoms with Gasteiger partial charge in [0.05, 0.1) is 18.4 Å². The van der Waals surface area contributed by atoms with E-state index >= 15 is 0 Å². The van der Waals surface area contributed by atoms with Gasteiger partial charge in [-0.1, -0.05) is 6.07 Å². The number of halogens is 3. The summed E-state index contributed by atoms with van der Waals surface area (Å²) in [6.07, 6.45) is 3.31. The molecule has 154 valence electrons. The van der Waals surface area contributed by atoms with Gasteiger partial charge in [0.25, 0.3) is 0 Å². The number of aryl methyl sites for hydroxylation is 2. The van der Waals surface area contributed by atoms with Crippen molar-refractivity contribution in [3.63, 3.8) is 0 Å². The molecule has 2 heterocycles. The molecule has 0 radical (unpaired) electrons. The molecule has 0 unspecified atom stereocenters. The highest BCUT2D eigenvalue weighted by Gasteiger charge is 2.30. The van der Waals surface area contributed by atoms with Crippen molar-refractivity contribution < 1.29 is 18.0 Å². The van der Waals surface area contributed by atoms with E-state index in [4.69, 9.17) is 0 Å². The molecule has 0 aliphatic heterocycles. The van der Waals surface area contributed by atoms with E-state index < -0.39 is 17.8 Å². The summed E-state index contributed by atoms with van der Waals surface area (Å²) in [7, 11) is 1.88. The molecule has 3 rings (SSSR count). The van der Waals surface area contributed by atoms with Crippen LogP contribution in [0, 0.1) is 0 Å². The van der Waals surface area contributed by atoms with Crippen molar-refractivity contribution in [3.8, 4) is 0 Å². The molecule has 0 bridgehead atoms. The van der Waals surface area contributed by atoms with Gasteiger partial charge < -0.3 is 19.4 Å². The number of imidazole rings is 1. The Kier molecular flexibility index (Phi) is 6.26. The van der Waals surface area contributed by atoms with Crippen molar-refractivity contribution in [2.24, 2.45) is 7.05 Å². The normalized spacial score (nSPS) is 11.4. The van der Waals surface area contributed by atoms with Gasteiger partial charge in [-0.3, -0.25) is 0 Å². The number of aromatic nitrogens is 3. The topological polar surface area (TPSA) is 55.1 Å². The summed E-state index contributed by atoms with van der Waals surface area (Å²) in [6.45, 7) is 1.47. The lowest BCUT2D eigenvalue weighted by molar-refractivity contribution is -0.137. The molecule has 2 amide bonds. The maximum absolute atomic E-state index is 12.9. The highest BCUT2D eigenvalue weighted by molar-refractivity contribution is 5.89. The molecule has 6 nitrogen and oxygen atoms in total. The van der Waals surface area contributed by atoms with Crippen molar-refractivity contribution in [2.45, 2.75) is 25.7 Å². The number of urea groups is 1. The molecular formula is C20H22F3N5O. The van der Waals surface area contributed by atoms with Crippen molar-refractivity contribution in [1.82, 2.24) is 19.0 Å². The Labute approximate surface area is 166 Å². The smallest absolute Gasteiger partial charge is 0.353 e. The van der Waals surface area contributed by atoms with Crippen LogP contribution in [0.1, 0.15) is 17.7 Å². The fourth-order valence-electron chi connectivity index (χ4n) is 2.95. The number of anilines is 1. The summed E-state index contributed by atoms with van der Waals surface area (Å²) < 4.78 is 42.6. The van der Waals surface area contributed by atoms with Crippen LogP contribution >= 0.6 is 0 Å². The van der Waals surface area contributed by atoms with Crippen LogP contribution in [0.15, 0.2) is 61.3 Å². The molecule has 1 aromatic carbocycles. The van der Waals surface area contributed by atoms with Crippen molar-refractivity contribution in [1.29, 1.82) is 0 Å². The van der Waals surface area contributed by atoms with Crippen LogP contribution in [0.25, 0.3) is 0 Å². The zero-order valence-corrected chi connectivity index (χ0v) is 15.9. The molecule has 0 saturated heterocycles. The molecule has 1 N–H and O–H groups in total. The number of alkyl halides is 3. The first-order chi connectivity index (χ1) is 13.8. The van der Waals surface area contributed by atoms with Gasteiger partial charge >= 0.3 is 12.2 Å². The van der Waals surface area contributed by atoms with E-state index in [1.165, 1.54) is 12.1 Å². The van der Waals surface area contributed by atoms with Crippen LogP contribution in [0.3, 0.4) is 0 Å². The largest absolute Gasteiger partial charge is 0.416 e. The number of amides is 2. The van der Waals surface area contributed by atoms with Gasteiger partial charge in [-0.2, -0.15) is 13.2 Å². The predicted molar refractivity (Wildman–Crippen MR) is 103 cm³/mol. The summed E-state index contributed by atoms with van der Waals surface area (Å²) in [5.74, 6) is 0. The molecule has 29 heavy (non-hydrogen) atoms. The number of nitrogens with zero attached hydrogens (tertiary/aromatic N) is 4. The van der Waals surface area contributed by atoms with E-state index in [1.54, 1.807) is 17.4 Å². The first-order valence-corrected chi connectivity index (χ1v) is 9.12. The molecule has 0 fully saturated rings. The van der Waals surface area contributed by atoms with Gasteiger partial charge in [-0.15, -0.1) is 0 Å². The highest BCUT2D eigenvalue weighted by atomic mass is 19.4. The minimum absolute atomic E-state index is 0.108. The number of benzene rings is 1. The Hall–Kier alpha value is -3.23. The van der Waals surface area contributed by atoms with E-state index in [0.29, 0.717) is 26.1 Å². The lowest BCUT2D eigenvalue weighted by Crippen LogP contribution is -2.36. The Morgan fingerprint density at radius 1 is 1.21 bits per heavy atom. The summed E-state index contributed by atoms with van der Waals surface area (Å²) in [6, 6.07) is 7.96. The lowest BCUT2D eigenvalue weighted by atomic mass is 10.2. The van der Waals surface area contributed by atoms with Crippen LogP contribution in [-0.4, -0.2) is 31.6 Å². The van der Waals surface area contributed by atoms with E-state index in [2.05, 4.69) is 10.3 Å². The second-order valence-corrected chi connectivity index (χ2v) is 6.69. The quantitative estimate of drug-likeness (QED) is 0.635. The van der Waals surface area contributed by atoms with Gasteiger partial charge in [0, 0.05) is 50.1 Å².